The van der Waals surface area contributed by atoms with E-state index < -0.39 is 0 Å². The summed E-state index contributed by atoms with van der Waals surface area (Å²) in [5.74, 6) is 0.417. The van der Waals surface area contributed by atoms with Crippen LogP contribution in [0.4, 0.5) is 0 Å². The first kappa shape index (κ1) is 14.2. The van der Waals surface area contributed by atoms with Crippen molar-refractivity contribution in [2.24, 2.45) is 5.92 Å². The fourth-order valence-electron chi connectivity index (χ4n) is 2.14. The molecular weight excluding hydrogens is 208 g/mol. The summed E-state index contributed by atoms with van der Waals surface area (Å²) in [5, 5.41) is 9.30. The summed E-state index contributed by atoms with van der Waals surface area (Å²) < 4.78 is 0. The van der Waals surface area contributed by atoms with Gasteiger partial charge in [0.25, 0.3) is 0 Å². The molecule has 1 heteroatoms. The van der Waals surface area contributed by atoms with Crippen molar-refractivity contribution in [3.05, 3.63) is 35.4 Å². The zero-order chi connectivity index (χ0) is 12.9. The molecular formula is C16H26O. The highest BCUT2D eigenvalue weighted by molar-refractivity contribution is 5.27. The molecule has 1 aromatic carbocycles. The van der Waals surface area contributed by atoms with Gasteiger partial charge in [0.1, 0.15) is 0 Å². The van der Waals surface area contributed by atoms with Gasteiger partial charge >= 0.3 is 0 Å². The van der Waals surface area contributed by atoms with E-state index in [-0.39, 0.29) is 5.41 Å². The third-order valence-electron chi connectivity index (χ3n) is 3.30. The maximum Gasteiger partial charge on any atom is 0.0462 e. The Kier molecular flexibility index (Phi) is 5.20. The van der Waals surface area contributed by atoms with Crippen LogP contribution in [0.15, 0.2) is 24.3 Å². The van der Waals surface area contributed by atoms with Gasteiger partial charge in [-0.3, -0.25) is 0 Å². The van der Waals surface area contributed by atoms with Crippen molar-refractivity contribution in [2.75, 3.05) is 6.61 Å². The van der Waals surface area contributed by atoms with Gasteiger partial charge in [0.2, 0.25) is 0 Å². The quantitative estimate of drug-likeness (QED) is 0.818. The second-order valence-electron chi connectivity index (χ2n) is 5.99. The van der Waals surface area contributed by atoms with Crippen molar-refractivity contribution in [1.29, 1.82) is 0 Å². The van der Waals surface area contributed by atoms with E-state index >= 15 is 0 Å². The molecule has 96 valence electrons. The minimum Gasteiger partial charge on any atom is -0.396 e. The third-order valence-corrected chi connectivity index (χ3v) is 3.30. The fraction of sp³-hybridized carbons (Fsp3) is 0.625. The lowest BCUT2D eigenvalue weighted by atomic mass is 9.86. The zero-order valence-corrected chi connectivity index (χ0v) is 11.7. The van der Waals surface area contributed by atoms with Crippen LogP contribution >= 0.6 is 0 Å². The molecule has 1 atom stereocenters. The molecule has 0 heterocycles. The number of aliphatic hydroxyl groups excluding tert-OH is 1. The molecule has 0 aromatic heterocycles. The summed E-state index contributed by atoms with van der Waals surface area (Å²) in [4.78, 5) is 0. The Labute approximate surface area is 106 Å². The van der Waals surface area contributed by atoms with Crippen LogP contribution in [0.3, 0.4) is 0 Å². The van der Waals surface area contributed by atoms with E-state index in [1.807, 2.05) is 0 Å². The normalized spacial score (nSPS) is 13.7. The van der Waals surface area contributed by atoms with Gasteiger partial charge in [-0.2, -0.15) is 0 Å². The van der Waals surface area contributed by atoms with Gasteiger partial charge < -0.3 is 5.11 Å². The predicted octanol–water partition coefficient (Wildman–Crippen LogP) is 3.94. The van der Waals surface area contributed by atoms with Gasteiger partial charge in [-0.05, 0) is 35.3 Å². The van der Waals surface area contributed by atoms with Crippen LogP contribution in [-0.2, 0) is 11.8 Å². The zero-order valence-electron chi connectivity index (χ0n) is 11.7. The molecule has 0 saturated carbocycles. The highest BCUT2D eigenvalue weighted by atomic mass is 16.3. The Balaban J connectivity index is 2.68. The first-order valence-corrected chi connectivity index (χ1v) is 6.67. The van der Waals surface area contributed by atoms with Crippen LogP contribution in [0.1, 0.15) is 51.7 Å². The molecule has 0 bridgehead atoms. The maximum absolute atomic E-state index is 9.30. The van der Waals surface area contributed by atoms with Crippen LogP contribution in [0.5, 0.6) is 0 Å². The molecule has 0 amide bonds. The first-order chi connectivity index (χ1) is 7.97. The molecule has 0 radical (unpaired) electrons. The van der Waals surface area contributed by atoms with Crippen molar-refractivity contribution < 1.29 is 5.11 Å². The van der Waals surface area contributed by atoms with E-state index in [2.05, 4.69) is 52.0 Å². The van der Waals surface area contributed by atoms with Gasteiger partial charge in [0.05, 0.1) is 0 Å². The summed E-state index contributed by atoms with van der Waals surface area (Å²) in [7, 11) is 0. The van der Waals surface area contributed by atoms with E-state index in [9.17, 15) is 5.11 Å². The van der Waals surface area contributed by atoms with Gasteiger partial charge in [-0.25, -0.2) is 0 Å². The predicted molar refractivity (Wildman–Crippen MR) is 74.3 cm³/mol. The minimum absolute atomic E-state index is 0.221. The number of benzene rings is 1. The van der Waals surface area contributed by atoms with Crippen LogP contribution in [0.2, 0.25) is 0 Å². The molecule has 0 aliphatic carbocycles. The lowest BCUT2D eigenvalue weighted by Gasteiger charge is -2.20. The average molecular weight is 234 g/mol. The second-order valence-corrected chi connectivity index (χ2v) is 5.99. The van der Waals surface area contributed by atoms with E-state index in [0.29, 0.717) is 12.5 Å². The third kappa shape index (κ3) is 4.51. The van der Waals surface area contributed by atoms with Crippen molar-refractivity contribution in [2.45, 2.75) is 52.4 Å². The molecule has 1 rings (SSSR count). The van der Waals surface area contributed by atoms with Crippen LogP contribution in [0.25, 0.3) is 0 Å². The molecule has 1 N–H and O–H groups in total. The van der Waals surface area contributed by atoms with Gasteiger partial charge in [0, 0.05) is 6.61 Å². The lowest BCUT2D eigenvalue weighted by Crippen LogP contribution is -2.12. The summed E-state index contributed by atoms with van der Waals surface area (Å²) in [6, 6.07) is 8.85. The number of hydrogen-bond donors (Lipinski definition) is 1. The van der Waals surface area contributed by atoms with Crippen LogP contribution < -0.4 is 0 Å². The molecule has 0 saturated heterocycles. The molecule has 1 nitrogen and oxygen atoms in total. The second kappa shape index (κ2) is 6.20. The maximum atomic E-state index is 9.30. The summed E-state index contributed by atoms with van der Waals surface area (Å²) in [6.45, 7) is 9.17. The Morgan fingerprint density at radius 1 is 1.12 bits per heavy atom. The van der Waals surface area contributed by atoms with Crippen LogP contribution in [-0.4, -0.2) is 11.7 Å². The Bertz CT molecular complexity index is 318. The molecule has 1 unspecified atom stereocenters. The van der Waals surface area contributed by atoms with Gasteiger partial charge in [-0.1, -0.05) is 58.4 Å². The molecule has 0 fully saturated rings. The first-order valence-electron chi connectivity index (χ1n) is 6.67. The Morgan fingerprint density at radius 3 is 2.12 bits per heavy atom. The minimum atomic E-state index is 0.221. The highest BCUT2D eigenvalue weighted by Gasteiger charge is 2.13. The van der Waals surface area contributed by atoms with E-state index in [1.54, 1.807) is 0 Å². The van der Waals surface area contributed by atoms with Crippen molar-refractivity contribution in [1.82, 2.24) is 0 Å². The monoisotopic (exact) mass is 234 g/mol. The van der Waals surface area contributed by atoms with Crippen LogP contribution in [0, 0.1) is 5.92 Å². The number of rotatable bonds is 5. The lowest BCUT2D eigenvalue weighted by molar-refractivity contribution is 0.217. The van der Waals surface area contributed by atoms with Gasteiger partial charge in [-0.15, -0.1) is 0 Å². The molecule has 0 aliphatic heterocycles. The molecule has 17 heavy (non-hydrogen) atoms. The Morgan fingerprint density at radius 2 is 1.71 bits per heavy atom. The molecule has 1 aromatic rings. The van der Waals surface area contributed by atoms with Crippen molar-refractivity contribution in [3.63, 3.8) is 0 Å². The Hall–Kier alpha value is -0.820. The van der Waals surface area contributed by atoms with Crippen molar-refractivity contribution in [3.8, 4) is 0 Å². The van der Waals surface area contributed by atoms with Gasteiger partial charge in [0.15, 0.2) is 0 Å². The fourth-order valence-corrected chi connectivity index (χ4v) is 2.14. The highest BCUT2D eigenvalue weighted by Crippen LogP contribution is 2.23. The molecule has 0 spiro atoms. The summed E-state index contributed by atoms with van der Waals surface area (Å²) in [6.07, 6.45) is 3.25. The standard InChI is InChI=1S/C16H26O/c1-5-6-14(12-17)11-13-7-9-15(10-8-13)16(2,3)4/h7-10,14,17H,5-6,11-12H2,1-4H3. The number of aliphatic hydroxyl groups is 1. The van der Waals surface area contributed by atoms with Crippen molar-refractivity contribution >= 4 is 0 Å². The topological polar surface area (TPSA) is 20.2 Å². The average Bonchev–Trinajstić information content (AvgIpc) is 2.28. The van der Waals surface area contributed by atoms with E-state index in [1.165, 1.54) is 11.1 Å². The number of hydrogen-bond acceptors (Lipinski definition) is 1. The largest absolute Gasteiger partial charge is 0.396 e. The molecule has 0 aliphatic rings. The van der Waals surface area contributed by atoms with E-state index in [4.69, 9.17) is 0 Å². The smallest absolute Gasteiger partial charge is 0.0462 e. The summed E-state index contributed by atoms with van der Waals surface area (Å²) in [5.41, 5.74) is 2.93. The summed E-state index contributed by atoms with van der Waals surface area (Å²) >= 11 is 0. The SMILES string of the molecule is CCCC(CO)Cc1ccc(C(C)(C)C)cc1. The van der Waals surface area contributed by atoms with E-state index in [0.717, 1.165) is 19.3 Å².